The van der Waals surface area contributed by atoms with Gasteiger partial charge in [-0.1, -0.05) is 0 Å². The molecule has 9 heteroatoms. The van der Waals surface area contributed by atoms with Crippen LogP contribution >= 0.6 is 0 Å². The van der Waals surface area contributed by atoms with Gasteiger partial charge in [-0.15, -0.1) is 0 Å². The largest absolute Gasteiger partial charge is 0.497 e. The highest BCUT2D eigenvalue weighted by Crippen LogP contribution is 2.10. The Kier molecular flexibility index (Phi) is 5.62. The van der Waals surface area contributed by atoms with Crippen LogP contribution in [0.1, 0.15) is 20.8 Å². The van der Waals surface area contributed by atoms with E-state index >= 15 is 0 Å². The molecule has 0 bridgehead atoms. The zero-order chi connectivity index (χ0) is 18.4. The minimum atomic E-state index is -0.886. The van der Waals surface area contributed by atoms with E-state index in [1.165, 1.54) is 32.4 Å². The van der Waals surface area contributed by atoms with Gasteiger partial charge < -0.3 is 9.47 Å². The lowest BCUT2D eigenvalue weighted by Crippen LogP contribution is -2.34. The molecule has 1 N–H and O–H groups in total. The number of methoxy groups -OCH3 is 1. The van der Waals surface area contributed by atoms with Crippen LogP contribution in [0.2, 0.25) is 0 Å². The summed E-state index contributed by atoms with van der Waals surface area (Å²) in [5.74, 6) is -1.74. The number of ether oxygens (including phenoxy) is 2. The number of hydrogen-bond donors (Lipinski definition) is 1. The number of imide groups is 1. The molecule has 0 saturated carbocycles. The second kappa shape index (κ2) is 7.86. The molecule has 1 aromatic heterocycles. The number of rotatable bonds is 5. The monoisotopic (exact) mass is 345 g/mol. The fraction of sp³-hybridized carbons (Fsp3) is 0.188. The van der Waals surface area contributed by atoms with Crippen molar-refractivity contribution in [1.82, 2.24) is 15.1 Å². The van der Waals surface area contributed by atoms with Crippen LogP contribution in [0.5, 0.6) is 5.75 Å². The summed E-state index contributed by atoms with van der Waals surface area (Å²) < 4.78 is 10.7. The van der Waals surface area contributed by atoms with E-state index in [4.69, 9.17) is 9.47 Å². The maximum absolute atomic E-state index is 11.9. The highest BCUT2D eigenvalue weighted by atomic mass is 16.5. The molecule has 25 heavy (non-hydrogen) atoms. The van der Waals surface area contributed by atoms with Gasteiger partial charge in [0.15, 0.2) is 12.3 Å². The number of amides is 2. The van der Waals surface area contributed by atoms with Crippen LogP contribution in [0.15, 0.2) is 41.2 Å². The number of hydrogen-bond acceptors (Lipinski definition) is 7. The molecule has 9 nitrogen and oxygen atoms in total. The molecule has 1 heterocycles. The van der Waals surface area contributed by atoms with Crippen molar-refractivity contribution in [3.05, 3.63) is 58.0 Å². The molecule has 0 saturated heterocycles. The molecular weight excluding hydrogens is 330 g/mol. The predicted octanol–water partition coefficient (Wildman–Crippen LogP) is -0.0977. The van der Waals surface area contributed by atoms with Crippen molar-refractivity contribution in [3.8, 4) is 5.75 Å². The minimum Gasteiger partial charge on any atom is -0.497 e. The van der Waals surface area contributed by atoms with Crippen LogP contribution in [-0.2, 0) is 16.6 Å². The van der Waals surface area contributed by atoms with Gasteiger partial charge in [0, 0.05) is 18.7 Å². The first-order valence-electron chi connectivity index (χ1n) is 7.10. The summed E-state index contributed by atoms with van der Waals surface area (Å²) in [6.45, 7) is -0.661. The van der Waals surface area contributed by atoms with Gasteiger partial charge in [-0.3, -0.25) is 19.7 Å². The van der Waals surface area contributed by atoms with Crippen molar-refractivity contribution in [2.45, 2.75) is 0 Å². The number of benzene rings is 1. The van der Waals surface area contributed by atoms with E-state index in [9.17, 15) is 19.2 Å². The van der Waals surface area contributed by atoms with E-state index in [1.807, 2.05) is 0 Å². The molecule has 0 fully saturated rings. The lowest BCUT2D eigenvalue weighted by molar-refractivity contribution is -0.123. The molecule has 2 rings (SSSR count). The van der Waals surface area contributed by atoms with Crippen molar-refractivity contribution >= 4 is 17.8 Å². The van der Waals surface area contributed by atoms with Gasteiger partial charge >= 0.3 is 5.97 Å². The van der Waals surface area contributed by atoms with E-state index in [0.29, 0.717) is 5.75 Å². The maximum atomic E-state index is 11.9. The third kappa shape index (κ3) is 4.74. The highest BCUT2D eigenvalue weighted by Gasteiger charge is 2.15. The summed E-state index contributed by atoms with van der Waals surface area (Å²) in [7, 11) is 2.87. The average molecular weight is 345 g/mol. The van der Waals surface area contributed by atoms with Crippen molar-refractivity contribution in [3.63, 3.8) is 0 Å². The number of carbonyl (C=O) groups is 3. The van der Waals surface area contributed by atoms with Crippen LogP contribution in [0, 0.1) is 0 Å². The molecule has 0 spiro atoms. The summed E-state index contributed by atoms with van der Waals surface area (Å²) >= 11 is 0. The number of aromatic nitrogens is 2. The second-order valence-corrected chi connectivity index (χ2v) is 4.86. The molecule has 0 aliphatic heterocycles. The first-order valence-corrected chi connectivity index (χ1v) is 7.10. The topological polar surface area (TPSA) is 117 Å². The molecule has 130 valence electrons. The minimum absolute atomic E-state index is 0.128. The highest BCUT2D eigenvalue weighted by molar-refractivity contribution is 6.05. The average Bonchev–Trinajstić information content (AvgIpc) is 2.62. The predicted molar refractivity (Wildman–Crippen MR) is 85.2 cm³/mol. The van der Waals surface area contributed by atoms with E-state index in [1.54, 1.807) is 12.1 Å². The Morgan fingerprint density at radius 2 is 1.80 bits per heavy atom. The zero-order valence-electron chi connectivity index (χ0n) is 13.5. The van der Waals surface area contributed by atoms with Crippen LogP contribution in [-0.4, -0.2) is 41.3 Å². The fourth-order valence-corrected chi connectivity index (χ4v) is 1.79. The van der Waals surface area contributed by atoms with E-state index in [0.717, 1.165) is 10.7 Å². The summed E-state index contributed by atoms with van der Waals surface area (Å²) in [6.07, 6.45) is 0. The summed E-state index contributed by atoms with van der Waals surface area (Å²) in [5.41, 5.74) is -0.268. The summed E-state index contributed by atoms with van der Waals surface area (Å²) in [6, 6.07) is 8.46. The molecule has 0 radical (unpaired) electrons. The number of nitrogens with one attached hydrogen (secondary N) is 1. The molecule has 0 aliphatic rings. The van der Waals surface area contributed by atoms with Crippen molar-refractivity contribution in [1.29, 1.82) is 0 Å². The van der Waals surface area contributed by atoms with Gasteiger partial charge in [0.05, 0.1) is 7.11 Å². The molecule has 0 atom stereocenters. The number of esters is 1. The van der Waals surface area contributed by atoms with Crippen LogP contribution in [0.25, 0.3) is 0 Å². The van der Waals surface area contributed by atoms with E-state index in [2.05, 4.69) is 10.4 Å². The SMILES string of the molecule is COc1ccc(C(=O)NC(=O)COC(=O)c2ccc(=O)n(C)n2)cc1. The smallest absolute Gasteiger partial charge is 0.359 e. The molecule has 0 unspecified atom stereocenters. The van der Waals surface area contributed by atoms with Gasteiger partial charge in [0.1, 0.15) is 5.75 Å². The summed E-state index contributed by atoms with van der Waals surface area (Å²) in [5, 5.41) is 5.78. The van der Waals surface area contributed by atoms with Crippen molar-refractivity contribution < 1.29 is 23.9 Å². The Balaban J connectivity index is 1.88. The van der Waals surface area contributed by atoms with Gasteiger partial charge in [-0.2, -0.15) is 5.10 Å². The molecule has 2 amide bonds. The van der Waals surface area contributed by atoms with Crippen LogP contribution < -0.4 is 15.6 Å². The number of aryl methyl sites for hydroxylation is 1. The first-order chi connectivity index (χ1) is 11.9. The van der Waals surface area contributed by atoms with Gasteiger partial charge in [0.25, 0.3) is 17.4 Å². The lowest BCUT2D eigenvalue weighted by Gasteiger charge is -2.06. The Bertz CT molecular complexity index is 857. The zero-order valence-corrected chi connectivity index (χ0v) is 13.5. The van der Waals surface area contributed by atoms with Gasteiger partial charge in [-0.05, 0) is 30.3 Å². The van der Waals surface area contributed by atoms with Crippen LogP contribution in [0.4, 0.5) is 0 Å². The normalized spacial score (nSPS) is 10.0. The molecule has 1 aromatic carbocycles. The van der Waals surface area contributed by atoms with Crippen molar-refractivity contribution in [2.24, 2.45) is 7.05 Å². The van der Waals surface area contributed by atoms with Gasteiger partial charge in [0.2, 0.25) is 0 Å². The second-order valence-electron chi connectivity index (χ2n) is 4.86. The van der Waals surface area contributed by atoms with Crippen LogP contribution in [0.3, 0.4) is 0 Å². The molecule has 2 aromatic rings. The molecule has 0 aliphatic carbocycles. The van der Waals surface area contributed by atoms with Gasteiger partial charge in [-0.25, -0.2) is 9.48 Å². The third-order valence-corrected chi connectivity index (χ3v) is 3.11. The summed E-state index contributed by atoms with van der Waals surface area (Å²) in [4.78, 5) is 46.5. The lowest BCUT2D eigenvalue weighted by atomic mass is 10.2. The Labute approximate surface area is 142 Å². The fourth-order valence-electron chi connectivity index (χ4n) is 1.79. The third-order valence-electron chi connectivity index (χ3n) is 3.11. The van der Waals surface area contributed by atoms with Crippen molar-refractivity contribution in [2.75, 3.05) is 13.7 Å². The first kappa shape index (κ1) is 17.9. The number of nitrogens with zero attached hydrogens (tertiary/aromatic N) is 2. The quantitative estimate of drug-likeness (QED) is 0.752. The Morgan fingerprint density at radius 3 is 2.40 bits per heavy atom. The standard InChI is InChI=1S/C16H15N3O6/c1-19-14(21)8-7-12(18-19)16(23)25-9-13(20)17-15(22)10-3-5-11(24-2)6-4-10/h3-8H,9H2,1-2H3,(H,17,20,22). The Morgan fingerprint density at radius 1 is 1.12 bits per heavy atom. The van der Waals surface area contributed by atoms with E-state index in [-0.39, 0.29) is 16.8 Å². The maximum Gasteiger partial charge on any atom is 0.359 e. The van der Waals surface area contributed by atoms with E-state index < -0.39 is 24.4 Å². The molecular formula is C16H15N3O6. The number of carbonyl (C=O) groups excluding carboxylic acids is 3. The Hall–Kier alpha value is -3.49.